The number of aromatic nitrogens is 2. The van der Waals surface area contributed by atoms with Crippen molar-refractivity contribution in [1.29, 1.82) is 0 Å². The van der Waals surface area contributed by atoms with Crippen LogP contribution in [0.4, 0.5) is 0 Å². The van der Waals surface area contributed by atoms with Gasteiger partial charge < -0.3 is 9.55 Å². The molecule has 57 valence electrons. The van der Waals surface area contributed by atoms with Gasteiger partial charge in [0.2, 0.25) is 0 Å². The third kappa shape index (κ3) is 2.24. The Morgan fingerprint density at radius 3 is 2.40 bits per heavy atom. The maximum absolute atomic E-state index is 4.05. The molecule has 1 heterocycles. The third-order valence-corrected chi connectivity index (χ3v) is 1.25. The van der Waals surface area contributed by atoms with E-state index >= 15 is 0 Å². The summed E-state index contributed by atoms with van der Waals surface area (Å²) in [7, 11) is 1.93. The Kier molecular flexibility index (Phi) is 3.85. The summed E-state index contributed by atoms with van der Waals surface area (Å²) in [4.78, 5) is 4.05. The van der Waals surface area contributed by atoms with Crippen molar-refractivity contribution in [2.24, 2.45) is 7.05 Å². The molecular weight excluding hydrogens is 298 g/mol. The fourth-order valence-corrected chi connectivity index (χ4v) is 0.671. The Labute approximate surface area is 75.3 Å². The monoisotopic (exact) mass is 310 g/mol. The SMILES string of the molecule is CC(C)c1cn(C)[c-]n1.[Re]. The van der Waals surface area contributed by atoms with E-state index in [1.807, 2.05) is 17.8 Å². The van der Waals surface area contributed by atoms with Crippen LogP contribution in [0.2, 0.25) is 0 Å². The second-order valence-electron chi connectivity index (χ2n) is 2.53. The summed E-state index contributed by atoms with van der Waals surface area (Å²) in [5.41, 5.74) is 1.11. The summed E-state index contributed by atoms with van der Waals surface area (Å²) in [6, 6.07) is 0. The van der Waals surface area contributed by atoms with E-state index < -0.39 is 0 Å². The molecule has 0 aliphatic heterocycles. The van der Waals surface area contributed by atoms with Crippen molar-refractivity contribution in [1.82, 2.24) is 9.55 Å². The normalized spacial score (nSPS) is 9.60. The van der Waals surface area contributed by atoms with E-state index in [9.17, 15) is 0 Å². The molecule has 0 atom stereocenters. The molecule has 0 fully saturated rings. The molecule has 0 saturated heterocycles. The molecule has 1 rings (SSSR count). The summed E-state index contributed by atoms with van der Waals surface area (Å²) >= 11 is 0. The number of imidazole rings is 1. The average molecular weight is 309 g/mol. The number of rotatable bonds is 1. The fourth-order valence-electron chi connectivity index (χ4n) is 0.671. The van der Waals surface area contributed by atoms with Crippen LogP contribution in [-0.2, 0) is 27.5 Å². The fraction of sp³-hybridized carbons (Fsp3) is 0.571. The first-order chi connectivity index (χ1) is 4.20. The van der Waals surface area contributed by atoms with E-state index in [1.54, 1.807) is 0 Å². The molecule has 0 saturated carbocycles. The molecule has 0 N–H and O–H groups in total. The quantitative estimate of drug-likeness (QED) is 0.716. The maximum atomic E-state index is 4.05. The minimum atomic E-state index is 0. The van der Waals surface area contributed by atoms with E-state index in [4.69, 9.17) is 0 Å². The third-order valence-electron chi connectivity index (χ3n) is 1.25. The van der Waals surface area contributed by atoms with Gasteiger partial charge in [-0.3, -0.25) is 0 Å². The zero-order valence-corrected chi connectivity index (χ0v) is 9.14. The van der Waals surface area contributed by atoms with Gasteiger partial charge in [-0.05, 0) is 7.05 Å². The van der Waals surface area contributed by atoms with Crippen LogP contribution in [0.5, 0.6) is 0 Å². The second-order valence-corrected chi connectivity index (χ2v) is 2.53. The smallest absolute Gasteiger partial charge is 0.000474 e. The summed E-state index contributed by atoms with van der Waals surface area (Å²) in [6.45, 7) is 4.24. The summed E-state index contributed by atoms with van der Waals surface area (Å²) in [5, 5.41) is 0. The van der Waals surface area contributed by atoms with E-state index in [0.717, 1.165) is 5.69 Å². The van der Waals surface area contributed by atoms with Crippen LogP contribution in [0.25, 0.3) is 0 Å². The van der Waals surface area contributed by atoms with Gasteiger partial charge in [-0.1, -0.05) is 25.5 Å². The Bertz CT molecular complexity index is 193. The minimum absolute atomic E-state index is 0. The van der Waals surface area contributed by atoms with Gasteiger partial charge in [-0.15, -0.1) is 6.20 Å². The Morgan fingerprint density at radius 1 is 1.60 bits per heavy atom. The van der Waals surface area contributed by atoms with E-state index in [1.165, 1.54) is 0 Å². The van der Waals surface area contributed by atoms with Crippen LogP contribution >= 0.6 is 0 Å². The van der Waals surface area contributed by atoms with E-state index in [2.05, 4.69) is 25.2 Å². The van der Waals surface area contributed by atoms with E-state index in [0.29, 0.717) is 5.92 Å². The number of hydrogen-bond acceptors (Lipinski definition) is 1. The number of aryl methyl sites for hydroxylation is 1. The van der Waals surface area contributed by atoms with Crippen LogP contribution in [0, 0.1) is 6.33 Å². The van der Waals surface area contributed by atoms with Gasteiger partial charge in [0.25, 0.3) is 0 Å². The second kappa shape index (κ2) is 3.90. The molecule has 0 unspecified atom stereocenters. The molecule has 10 heavy (non-hydrogen) atoms. The van der Waals surface area contributed by atoms with Gasteiger partial charge in [0.05, 0.1) is 0 Å². The van der Waals surface area contributed by atoms with Crippen LogP contribution in [0.1, 0.15) is 25.5 Å². The first kappa shape index (κ1) is 9.87. The molecule has 1 aromatic rings. The molecule has 0 spiro atoms. The van der Waals surface area contributed by atoms with Crippen molar-refractivity contribution >= 4 is 0 Å². The molecule has 0 bridgehead atoms. The van der Waals surface area contributed by atoms with Crippen LogP contribution in [-0.4, -0.2) is 9.55 Å². The largest absolute Gasteiger partial charge is 0.456 e. The Morgan fingerprint density at radius 2 is 2.20 bits per heavy atom. The molecule has 1 radical (unpaired) electrons. The molecule has 2 nitrogen and oxygen atoms in total. The van der Waals surface area contributed by atoms with Crippen molar-refractivity contribution in [3.05, 3.63) is 18.2 Å². The topological polar surface area (TPSA) is 17.8 Å². The van der Waals surface area contributed by atoms with Gasteiger partial charge in [-0.25, -0.2) is 0 Å². The molecule has 0 amide bonds. The van der Waals surface area contributed by atoms with Gasteiger partial charge in [0.15, 0.2) is 0 Å². The van der Waals surface area contributed by atoms with Gasteiger partial charge >= 0.3 is 0 Å². The summed E-state index contributed by atoms with van der Waals surface area (Å²) in [6.07, 6.45) is 4.81. The molecular formula is C7H11N2Re-. The number of hydrogen-bond donors (Lipinski definition) is 0. The molecule has 3 heteroatoms. The first-order valence-electron chi connectivity index (χ1n) is 3.11. The molecule has 0 aromatic carbocycles. The van der Waals surface area contributed by atoms with Gasteiger partial charge in [0.1, 0.15) is 0 Å². The van der Waals surface area contributed by atoms with Gasteiger partial charge in [-0.2, -0.15) is 0 Å². The van der Waals surface area contributed by atoms with Crippen molar-refractivity contribution in [2.75, 3.05) is 0 Å². The zero-order chi connectivity index (χ0) is 6.85. The zero-order valence-electron chi connectivity index (χ0n) is 6.43. The first-order valence-corrected chi connectivity index (χ1v) is 3.11. The predicted octanol–water partition coefficient (Wildman–Crippen LogP) is 1.34. The summed E-state index contributed by atoms with van der Waals surface area (Å²) in [5.74, 6) is 0.516. The van der Waals surface area contributed by atoms with E-state index in [-0.39, 0.29) is 20.4 Å². The van der Waals surface area contributed by atoms with Crippen LogP contribution in [0.3, 0.4) is 0 Å². The number of nitrogens with zero attached hydrogens (tertiary/aromatic N) is 2. The molecule has 0 aliphatic carbocycles. The standard InChI is InChI=1S/C7H11N2.Re/c1-6(2)7-4-9(3)5-8-7;/h4,6H,1-3H3;/q-1;. The average Bonchev–Trinajstić information content (AvgIpc) is 2.14. The van der Waals surface area contributed by atoms with Gasteiger partial charge in [0, 0.05) is 26.8 Å². The molecule has 0 aliphatic rings. The van der Waals surface area contributed by atoms with Crippen molar-refractivity contribution < 1.29 is 20.4 Å². The van der Waals surface area contributed by atoms with Crippen LogP contribution < -0.4 is 0 Å². The van der Waals surface area contributed by atoms with Crippen LogP contribution in [0.15, 0.2) is 6.20 Å². The minimum Gasteiger partial charge on any atom is -0.456 e. The van der Waals surface area contributed by atoms with Crippen molar-refractivity contribution in [3.63, 3.8) is 0 Å². The predicted molar refractivity (Wildman–Crippen MR) is 36.1 cm³/mol. The Hall–Kier alpha value is -0.128. The van der Waals surface area contributed by atoms with Crippen molar-refractivity contribution in [2.45, 2.75) is 19.8 Å². The molecule has 1 aromatic heterocycles. The van der Waals surface area contributed by atoms with Crippen molar-refractivity contribution in [3.8, 4) is 0 Å². The maximum Gasteiger partial charge on any atom is 0.000474 e. The Balaban J connectivity index is 0.000000810. The summed E-state index contributed by atoms with van der Waals surface area (Å²) < 4.78 is 1.84.